The van der Waals surface area contributed by atoms with Gasteiger partial charge in [0, 0.05) is 49.0 Å². The lowest BCUT2D eigenvalue weighted by atomic mass is 9.96. The monoisotopic (exact) mass is 401 g/mol. The zero-order valence-corrected chi connectivity index (χ0v) is 17.5. The number of piperazine rings is 1. The Balaban J connectivity index is 1.41. The lowest BCUT2D eigenvalue weighted by Gasteiger charge is -2.29. The predicted octanol–water partition coefficient (Wildman–Crippen LogP) is 3.53. The zero-order chi connectivity index (χ0) is 20.5. The van der Waals surface area contributed by atoms with Crippen molar-refractivity contribution < 1.29 is 0 Å². The molecule has 0 radical (unpaired) electrons. The van der Waals surface area contributed by atoms with Crippen molar-refractivity contribution in [3.05, 3.63) is 47.8 Å². The van der Waals surface area contributed by atoms with Crippen LogP contribution in [0.15, 0.2) is 41.7 Å². The van der Waals surface area contributed by atoms with Gasteiger partial charge in [-0.1, -0.05) is 26.0 Å². The Kier molecular flexibility index (Phi) is 5.04. The molecule has 4 heterocycles. The molecule has 1 aromatic carbocycles. The molecule has 0 bridgehead atoms. The van der Waals surface area contributed by atoms with E-state index in [9.17, 15) is 0 Å². The van der Waals surface area contributed by atoms with Crippen LogP contribution in [0.5, 0.6) is 0 Å². The van der Waals surface area contributed by atoms with E-state index in [-0.39, 0.29) is 0 Å². The highest BCUT2D eigenvalue weighted by Gasteiger charge is 2.21. The number of hydrogen-bond acceptors (Lipinski definition) is 7. The Hall–Kier alpha value is -3.06. The molecule has 2 aliphatic rings. The van der Waals surface area contributed by atoms with E-state index in [1.807, 2.05) is 18.5 Å². The Morgan fingerprint density at radius 1 is 1.07 bits per heavy atom. The van der Waals surface area contributed by atoms with E-state index in [2.05, 4.69) is 57.5 Å². The summed E-state index contributed by atoms with van der Waals surface area (Å²) in [6.07, 6.45) is 4.76. The molecule has 30 heavy (non-hydrogen) atoms. The maximum absolute atomic E-state index is 4.85. The largest absolute Gasteiger partial charge is 0.368 e. The summed E-state index contributed by atoms with van der Waals surface area (Å²) in [6.45, 7) is 9.23. The number of aromatic nitrogens is 3. The average Bonchev–Trinajstić information content (AvgIpc) is 3.17. The van der Waals surface area contributed by atoms with Crippen LogP contribution in [0, 0.1) is 5.92 Å². The number of fused-ring (bicyclic) bond motifs is 3. The molecule has 1 fully saturated rings. The van der Waals surface area contributed by atoms with Crippen LogP contribution in [0.2, 0.25) is 0 Å². The molecular weight excluding hydrogens is 374 g/mol. The number of pyridine rings is 1. The number of hydrogen-bond donors (Lipinski definition) is 2. The van der Waals surface area contributed by atoms with E-state index >= 15 is 0 Å². The highest BCUT2D eigenvalue weighted by molar-refractivity contribution is 6.12. The van der Waals surface area contributed by atoms with Gasteiger partial charge in [-0.25, -0.2) is 15.0 Å². The van der Waals surface area contributed by atoms with Crippen LogP contribution in [-0.2, 0) is 6.54 Å². The fourth-order valence-corrected chi connectivity index (χ4v) is 4.15. The number of benzene rings is 1. The quantitative estimate of drug-likeness (QED) is 0.681. The van der Waals surface area contributed by atoms with Gasteiger partial charge in [0.2, 0.25) is 5.95 Å². The number of aliphatic imine (C=N–C) groups is 1. The van der Waals surface area contributed by atoms with Gasteiger partial charge in [-0.3, -0.25) is 4.99 Å². The average molecular weight is 402 g/mol. The van der Waals surface area contributed by atoms with Gasteiger partial charge in [0.05, 0.1) is 23.9 Å². The Morgan fingerprint density at radius 2 is 1.93 bits per heavy atom. The first-order valence-electron chi connectivity index (χ1n) is 10.7. The molecule has 0 unspecified atom stereocenters. The van der Waals surface area contributed by atoms with E-state index < -0.39 is 0 Å². The third-order valence-electron chi connectivity index (χ3n) is 5.64. The predicted molar refractivity (Wildman–Crippen MR) is 122 cm³/mol. The first-order valence-corrected chi connectivity index (χ1v) is 10.7. The maximum atomic E-state index is 4.85. The molecule has 0 spiro atoms. The fourth-order valence-electron chi connectivity index (χ4n) is 4.15. The molecule has 0 amide bonds. The van der Waals surface area contributed by atoms with Gasteiger partial charge in [-0.05, 0) is 30.0 Å². The number of nitrogens with one attached hydrogen (secondary N) is 2. The van der Waals surface area contributed by atoms with Gasteiger partial charge in [0.1, 0.15) is 5.82 Å². The molecule has 5 rings (SSSR count). The lowest BCUT2D eigenvalue weighted by molar-refractivity contribution is 0.589. The molecule has 2 aromatic heterocycles. The summed E-state index contributed by atoms with van der Waals surface area (Å²) in [4.78, 5) is 21.1. The zero-order valence-electron chi connectivity index (χ0n) is 17.5. The van der Waals surface area contributed by atoms with E-state index in [0.29, 0.717) is 11.9 Å². The first-order chi connectivity index (χ1) is 14.7. The van der Waals surface area contributed by atoms with Crippen LogP contribution >= 0.6 is 0 Å². The Morgan fingerprint density at radius 3 is 2.70 bits per heavy atom. The molecule has 154 valence electrons. The van der Waals surface area contributed by atoms with E-state index in [1.54, 1.807) is 0 Å². The molecule has 7 heteroatoms. The normalized spacial score (nSPS) is 16.1. The third-order valence-corrected chi connectivity index (χ3v) is 5.64. The van der Waals surface area contributed by atoms with Crippen molar-refractivity contribution in [2.45, 2.75) is 26.8 Å². The molecule has 3 aromatic rings. The highest BCUT2D eigenvalue weighted by Crippen LogP contribution is 2.30. The number of nitrogens with zero attached hydrogens (tertiary/aromatic N) is 5. The van der Waals surface area contributed by atoms with E-state index in [4.69, 9.17) is 9.98 Å². The van der Waals surface area contributed by atoms with E-state index in [1.165, 1.54) is 11.1 Å². The molecule has 0 saturated carbocycles. The van der Waals surface area contributed by atoms with Gasteiger partial charge >= 0.3 is 0 Å². The van der Waals surface area contributed by atoms with Gasteiger partial charge in [0.15, 0.2) is 0 Å². The van der Waals surface area contributed by atoms with Crippen molar-refractivity contribution in [2.24, 2.45) is 10.9 Å². The van der Waals surface area contributed by atoms with Crippen LogP contribution in [0.1, 0.15) is 31.4 Å². The number of rotatable bonds is 5. The minimum absolute atomic E-state index is 0.558. The SMILES string of the molecule is CC(C)CC1=NCc2ccc3cnc(Nc4ccc(N5CCNCC5)cn4)nc3c21. The summed E-state index contributed by atoms with van der Waals surface area (Å²) in [7, 11) is 0. The van der Waals surface area contributed by atoms with Crippen LogP contribution in [-0.4, -0.2) is 46.8 Å². The Bertz CT molecular complexity index is 1080. The fraction of sp³-hybridized carbons (Fsp3) is 0.391. The summed E-state index contributed by atoms with van der Waals surface area (Å²) in [6, 6.07) is 8.34. The standard InChI is InChI=1S/C23H27N7/c1-15(2)11-19-21-16(12-25-19)3-4-17-13-27-23(29-22(17)21)28-20-6-5-18(14-26-20)30-9-7-24-8-10-30/h3-6,13-15,24H,7-12H2,1-2H3,(H,26,27,28,29). The molecule has 1 saturated heterocycles. The smallest absolute Gasteiger partial charge is 0.228 e. The van der Waals surface area contributed by atoms with Crippen LogP contribution < -0.4 is 15.5 Å². The van der Waals surface area contributed by atoms with Crippen LogP contribution in [0.25, 0.3) is 10.9 Å². The second kappa shape index (κ2) is 7.99. The topological polar surface area (TPSA) is 78.3 Å². The van der Waals surface area contributed by atoms with E-state index in [0.717, 1.165) is 67.3 Å². The van der Waals surface area contributed by atoms with Crippen molar-refractivity contribution in [1.29, 1.82) is 0 Å². The van der Waals surface area contributed by atoms with Gasteiger partial charge in [-0.15, -0.1) is 0 Å². The van der Waals surface area contributed by atoms with Crippen molar-refractivity contribution in [1.82, 2.24) is 20.3 Å². The second-order valence-corrected chi connectivity index (χ2v) is 8.36. The summed E-state index contributed by atoms with van der Waals surface area (Å²) in [5.74, 6) is 1.87. The van der Waals surface area contributed by atoms with Gasteiger partial charge in [0.25, 0.3) is 0 Å². The summed E-state index contributed by atoms with van der Waals surface area (Å²) >= 11 is 0. The minimum atomic E-state index is 0.558. The van der Waals surface area contributed by atoms with Crippen LogP contribution in [0.4, 0.5) is 17.5 Å². The molecule has 0 aliphatic carbocycles. The van der Waals surface area contributed by atoms with Crippen molar-refractivity contribution in [3.8, 4) is 0 Å². The van der Waals surface area contributed by atoms with Crippen molar-refractivity contribution in [2.75, 3.05) is 36.4 Å². The minimum Gasteiger partial charge on any atom is -0.368 e. The number of anilines is 3. The highest BCUT2D eigenvalue weighted by atomic mass is 15.2. The first kappa shape index (κ1) is 18.9. The van der Waals surface area contributed by atoms with Crippen molar-refractivity contribution >= 4 is 34.1 Å². The summed E-state index contributed by atoms with van der Waals surface area (Å²) in [5.41, 5.74) is 5.72. The third kappa shape index (κ3) is 3.73. The van der Waals surface area contributed by atoms with Crippen LogP contribution in [0.3, 0.4) is 0 Å². The van der Waals surface area contributed by atoms with Gasteiger partial charge < -0.3 is 15.5 Å². The molecular formula is C23H27N7. The lowest BCUT2D eigenvalue weighted by Crippen LogP contribution is -2.43. The van der Waals surface area contributed by atoms with Gasteiger partial charge in [-0.2, -0.15) is 0 Å². The molecule has 2 N–H and O–H groups in total. The summed E-state index contributed by atoms with van der Waals surface area (Å²) < 4.78 is 0. The second-order valence-electron chi connectivity index (χ2n) is 8.36. The Labute approximate surface area is 176 Å². The molecule has 0 atom stereocenters. The maximum Gasteiger partial charge on any atom is 0.228 e. The van der Waals surface area contributed by atoms with Crippen molar-refractivity contribution in [3.63, 3.8) is 0 Å². The molecule has 7 nitrogen and oxygen atoms in total. The summed E-state index contributed by atoms with van der Waals surface area (Å²) in [5, 5.41) is 7.69. The molecule has 2 aliphatic heterocycles.